The number of nitrogens with one attached hydrogen (secondary N) is 2. The Hall–Kier alpha value is -2.64. The standard InChI is InChI=1S/C20H26N6S/c1-14-20(27-16(3)24-14)19(21)8-9-23-15(2)25-17-4-6-18(7-5-17)26-12-10-22-11-13-26/h4-9,22,25H,2,10-13,21H2,1,3H3/b19-8-,23-9?. The van der Waals surface area contributed by atoms with Gasteiger partial charge in [-0.25, -0.2) is 9.98 Å². The zero-order chi connectivity index (χ0) is 19.2. The summed E-state index contributed by atoms with van der Waals surface area (Å²) < 4.78 is 0. The van der Waals surface area contributed by atoms with Gasteiger partial charge in [0, 0.05) is 43.8 Å². The highest BCUT2D eigenvalue weighted by Crippen LogP contribution is 2.22. The third kappa shape index (κ3) is 5.18. The van der Waals surface area contributed by atoms with E-state index in [1.165, 1.54) is 5.69 Å². The fraction of sp³-hybridized carbons (Fsp3) is 0.300. The van der Waals surface area contributed by atoms with Gasteiger partial charge in [-0.15, -0.1) is 11.3 Å². The molecule has 0 saturated carbocycles. The van der Waals surface area contributed by atoms with Crippen LogP contribution in [0, 0.1) is 13.8 Å². The molecule has 0 radical (unpaired) electrons. The summed E-state index contributed by atoms with van der Waals surface area (Å²) in [7, 11) is 0. The van der Waals surface area contributed by atoms with Crippen LogP contribution in [0.15, 0.2) is 47.7 Å². The van der Waals surface area contributed by atoms with E-state index in [0.717, 1.165) is 47.4 Å². The molecule has 0 amide bonds. The Morgan fingerprint density at radius 3 is 2.63 bits per heavy atom. The van der Waals surface area contributed by atoms with E-state index >= 15 is 0 Å². The van der Waals surface area contributed by atoms with Gasteiger partial charge in [-0.05, 0) is 44.2 Å². The summed E-state index contributed by atoms with van der Waals surface area (Å²) >= 11 is 1.58. The molecule has 1 saturated heterocycles. The van der Waals surface area contributed by atoms with Gasteiger partial charge in [0.1, 0.15) is 5.82 Å². The summed E-state index contributed by atoms with van der Waals surface area (Å²) in [4.78, 5) is 12.1. The molecule has 7 heteroatoms. The molecular weight excluding hydrogens is 356 g/mol. The molecule has 1 aromatic carbocycles. The molecule has 0 unspecified atom stereocenters. The number of thiazole rings is 1. The first-order chi connectivity index (χ1) is 13.0. The summed E-state index contributed by atoms with van der Waals surface area (Å²) in [6, 6.07) is 8.34. The van der Waals surface area contributed by atoms with Crippen LogP contribution in [0.5, 0.6) is 0 Å². The van der Waals surface area contributed by atoms with Crippen molar-refractivity contribution in [3.63, 3.8) is 0 Å². The van der Waals surface area contributed by atoms with Gasteiger partial charge in [0.25, 0.3) is 0 Å². The average molecular weight is 383 g/mol. The van der Waals surface area contributed by atoms with Crippen molar-refractivity contribution in [2.75, 3.05) is 36.4 Å². The van der Waals surface area contributed by atoms with E-state index in [0.29, 0.717) is 11.5 Å². The smallest absolute Gasteiger partial charge is 0.122 e. The van der Waals surface area contributed by atoms with Crippen LogP contribution in [0.4, 0.5) is 11.4 Å². The van der Waals surface area contributed by atoms with Crippen LogP contribution in [-0.4, -0.2) is 37.4 Å². The van der Waals surface area contributed by atoms with Gasteiger partial charge >= 0.3 is 0 Å². The Morgan fingerprint density at radius 2 is 2.00 bits per heavy atom. The van der Waals surface area contributed by atoms with Crippen LogP contribution >= 0.6 is 11.3 Å². The van der Waals surface area contributed by atoms with E-state index in [1.54, 1.807) is 23.6 Å². The average Bonchev–Trinajstić information content (AvgIpc) is 3.01. The topological polar surface area (TPSA) is 78.6 Å². The Labute approximate surface area is 164 Å². The molecule has 0 atom stereocenters. The number of hydrogen-bond donors (Lipinski definition) is 3. The lowest BCUT2D eigenvalue weighted by atomic mass is 10.2. The lowest BCUT2D eigenvalue weighted by Gasteiger charge is -2.29. The zero-order valence-corrected chi connectivity index (χ0v) is 16.6. The highest BCUT2D eigenvalue weighted by molar-refractivity contribution is 7.12. The van der Waals surface area contributed by atoms with Gasteiger partial charge in [-0.2, -0.15) is 0 Å². The molecular formula is C20H26N6S. The number of anilines is 2. The fourth-order valence-corrected chi connectivity index (χ4v) is 3.82. The quantitative estimate of drug-likeness (QED) is 0.669. The third-order valence-corrected chi connectivity index (χ3v) is 5.41. The monoisotopic (exact) mass is 382 g/mol. The summed E-state index contributed by atoms with van der Waals surface area (Å²) in [6.45, 7) is 12.0. The number of piperazine rings is 1. The fourth-order valence-electron chi connectivity index (χ4n) is 2.96. The van der Waals surface area contributed by atoms with E-state index in [2.05, 4.69) is 44.2 Å². The number of aromatic nitrogens is 1. The number of nitrogens with zero attached hydrogens (tertiary/aromatic N) is 3. The van der Waals surface area contributed by atoms with Crippen molar-refractivity contribution >= 4 is 34.6 Å². The van der Waals surface area contributed by atoms with Crippen molar-refractivity contribution in [2.24, 2.45) is 10.7 Å². The van der Waals surface area contributed by atoms with Gasteiger partial charge in [0.15, 0.2) is 0 Å². The molecule has 1 fully saturated rings. The third-order valence-electron chi connectivity index (χ3n) is 4.29. The number of hydrogen-bond acceptors (Lipinski definition) is 7. The normalized spacial score (nSPS) is 15.3. The molecule has 2 aromatic rings. The second-order valence-electron chi connectivity index (χ2n) is 6.40. The highest BCUT2D eigenvalue weighted by atomic mass is 32.1. The predicted molar refractivity (Wildman–Crippen MR) is 117 cm³/mol. The molecule has 6 nitrogen and oxygen atoms in total. The van der Waals surface area contributed by atoms with Gasteiger partial charge in [0.2, 0.25) is 0 Å². The zero-order valence-electron chi connectivity index (χ0n) is 15.8. The first kappa shape index (κ1) is 19.1. The highest BCUT2D eigenvalue weighted by Gasteiger charge is 2.10. The van der Waals surface area contributed by atoms with Crippen molar-refractivity contribution < 1.29 is 0 Å². The van der Waals surface area contributed by atoms with Crippen molar-refractivity contribution in [1.29, 1.82) is 0 Å². The van der Waals surface area contributed by atoms with Gasteiger partial charge in [-0.3, -0.25) is 0 Å². The Morgan fingerprint density at radius 1 is 1.30 bits per heavy atom. The Bertz CT molecular complexity index is 844. The van der Waals surface area contributed by atoms with Crippen LogP contribution in [0.3, 0.4) is 0 Å². The minimum absolute atomic E-state index is 0.561. The number of benzene rings is 1. The summed E-state index contributed by atoms with van der Waals surface area (Å²) in [5, 5.41) is 7.57. The lowest BCUT2D eigenvalue weighted by Crippen LogP contribution is -2.43. The molecule has 3 rings (SSSR count). The first-order valence-electron chi connectivity index (χ1n) is 8.99. The van der Waals surface area contributed by atoms with Crippen LogP contribution in [-0.2, 0) is 0 Å². The molecule has 142 valence electrons. The molecule has 2 heterocycles. The maximum absolute atomic E-state index is 6.12. The SMILES string of the molecule is C=C(N=C/C=C(\N)c1sc(C)nc1C)Nc1ccc(N2CCNCC2)cc1. The van der Waals surface area contributed by atoms with Crippen LogP contribution in [0.25, 0.3) is 5.70 Å². The van der Waals surface area contributed by atoms with Crippen molar-refractivity contribution in [3.8, 4) is 0 Å². The first-order valence-corrected chi connectivity index (χ1v) is 9.80. The summed E-state index contributed by atoms with van der Waals surface area (Å²) in [5.41, 5.74) is 9.92. The van der Waals surface area contributed by atoms with E-state index in [1.807, 2.05) is 26.0 Å². The maximum Gasteiger partial charge on any atom is 0.122 e. The van der Waals surface area contributed by atoms with Gasteiger partial charge in [-0.1, -0.05) is 6.58 Å². The van der Waals surface area contributed by atoms with E-state index in [9.17, 15) is 0 Å². The molecule has 0 bridgehead atoms. The van der Waals surface area contributed by atoms with Crippen LogP contribution < -0.4 is 21.3 Å². The van der Waals surface area contributed by atoms with E-state index < -0.39 is 0 Å². The van der Waals surface area contributed by atoms with E-state index in [4.69, 9.17) is 5.73 Å². The van der Waals surface area contributed by atoms with Crippen molar-refractivity contribution in [1.82, 2.24) is 10.3 Å². The minimum atomic E-state index is 0.561. The number of rotatable bonds is 6. The van der Waals surface area contributed by atoms with Crippen molar-refractivity contribution in [2.45, 2.75) is 13.8 Å². The molecule has 1 aliphatic rings. The molecule has 1 aliphatic heterocycles. The second kappa shape index (κ2) is 8.83. The number of allylic oxidation sites excluding steroid dienone is 1. The molecule has 27 heavy (non-hydrogen) atoms. The summed E-state index contributed by atoms with van der Waals surface area (Å²) in [5.74, 6) is 0.561. The number of nitrogens with two attached hydrogens (primary N) is 1. The van der Waals surface area contributed by atoms with E-state index in [-0.39, 0.29) is 0 Å². The van der Waals surface area contributed by atoms with Crippen LogP contribution in [0.1, 0.15) is 15.6 Å². The van der Waals surface area contributed by atoms with Crippen LogP contribution in [0.2, 0.25) is 0 Å². The minimum Gasteiger partial charge on any atom is -0.397 e. The lowest BCUT2D eigenvalue weighted by molar-refractivity contribution is 0.589. The predicted octanol–water partition coefficient (Wildman–Crippen LogP) is 3.12. The molecule has 0 aliphatic carbocycles. The van der Waals surface area contributed by atoms with Crippen molar-refractivity contribution in [3.05, 3.63) is 58.3 Å². The number of aryl methyl sites for hydroxylation is 2. The molecule has 1 aromatic heterocycles. The maximum atomic E-state index is 6.12. The Balaban J connectivity index is 1.56. The van der Waals surface area contributed by atoms with Gasteiger partial charge in [0.05, 0.1) is 21.3 Å². The largest absolute Gasteiger partial charge is 0.397 e. The number of aliphatic imine (C=N–C) groups is 1. The molecule has 0 spiro atoms. The van der Waals surface area contributed by atoms with Gasteiger partial charge < -0.3 is 21.3 Å². The second-order valence-corrected chi connectivity index (χ2v) is 7.61. The Kier molecular flexibility index (Phi) is 6.26. The summed E-state index contributed by atoms with van der Waals surface area (Å²) in [6.07, 6.45) is 3.44. The molecule has 4 N–H and O–H groups in total.